The van der Waals surface area contributed by atoms with Gasteiger partial charge in [-0.2, -0.15) is 0 Å². The highest BCUT2D eigenvalue weighted by Crippen LogP contribution is 2.65. The number of benzene rings is 2. The standard InChI is InChI=1S/C37H39BF2N10O11P2S/c1-2-11-54-21-9-5-20(6-10-21)37(51)57-22-7-3-19(4-8-22)14-64-63(53)56-13-24-29(25(39)35(59-24)49-17-47-27-31(41)43-15-45-33(27)49)60-62(38,52)55-12-23-30(61-63)26(40)36(58-23)50-18-48-28-32(42)44-16-46-34(28)50/h3-10,15-18,23-26,29-30,35-36H,2,11-14,38H2,1H3,(H2,41,43,45)(H2,42,44,46)/t23-,24-,25-,26-,29-,30-,35-,36-,62-,63-/m1/s1. The number of halogens is 2. The Morgan fingerprint density at radius 1 is 0.797 bits per heavy atom. The molecule has 3 aliphatic heterocycles. The average molecular weight is 943 g/mol. The number of hydrogen-bond donors (Lipinski definition) is 2. The fourth-order valence-corrected chi connectivity index (χ4v) is 11.8. The number of carbonyl (C=O) groups excluding carboxylic acids is 1. The fourth-order valence-electron chi connectivity index (χ4n) is 7.22. The van der Waals surface area contributed by atoms with Gasteiger partial charge in [0.15, 0.2) is 47.7 Å². The number of hydrogen-bond acceptors (Lipinski definition) is 20. The van der Waals surface area contributed by atoms with Gasteiger partial charge in [0, 0.05) is 5.75 Å². The van der Waals surface area contributed by atoms with Crippen molar-refractivity contribution in [2.75, 3.05) is 31.3 Å². The number of nitrogens with two attached hydrogens (primary N) is 2. The predicted octanol–water partition coefficient (Wildman–Crippen LogP) is 4.91. The highest BCUT2D eigenvalue weighted by atomic mass is 32.7. The Balaban J connectivity index is 0.975. The lowest BCUT2D eigenvalue weighted by molar-refractivity contribution is -0.0546. The molecular weight excluding hydrogens is 903 g/mol. The number of imidazole rings is 2. The Kier molecular flexibility index (Phi) is 12.4. The first-order chi connectivity index (χ1) is 30.8. The predicted molar refractivity (Wildman–Crippen MR) is 227 cm³/mol. The van der Waals surface area contributed by atoms with E-state index < -0.39 is 82.7 Å². The number of anilines is 2. The molecule has 3 aliphatic rings. The normalized spacial score (nSPS) is 29.7. The van der Waals surface area contributed by atoms with Gasteiger partial charge in [0.05, 0.1) is 38.0 Å². The van der Waals surface area contributed by atoms with Crippen LogP contribution >= 0.6 is 25.7 Å². The molecule has 27 heteroatoms. The van der Waals surface area contributed by atoms with Crippen LogP contribution in [0.3, 0.4) is 0 Å². The Hall–Kier alpha value is -5.10. The topological polar surface area (TPSA) is 264 Å². The van der Waals surface area contributed by atoms with E-state index in [4.69, 9.17) is 48.5 Å². The van der Waals surface area contributed by atoms with Crippen LogP contribution in [0.25, 0.3) is 22.3 Å². The third-order valence-electron chi connectivity index (χ3n) is 10.4. The molecule has 10 atom stereocenters. The van der Waals surface area contributed by atoms with E-state index in [1.54, 1.807) is 48.5 Å². The Morgan fingerprint density at radius 3 is 1.92 bits per heavy atom. The van der Waals surface area contributed by atoms with E-state index in [1.165, 1.54) is 34.4 Å². The van der Waals surface area contributed by atoms with Gasteiger partial charge in [-0.25, -0.2) is 48.0 Å². The largest absolute Gasteiger partial charge is 0.494 e. The summed E-state index contributed by atoms with van der Waals surface area (Å²) in [5.41, 5.74) is 13.5. The van der Waals surface area contributed by atoms with E-state index in [9.17, 15) is 13.9 Å². The Labute approximate surface area is 367 Å². The van der Waals surface area contributed by atoms with Gasteiger partial charge < -0.3 is 39.5 Å². The second-order valence-corrected chi connectivity index (χ2v) is 20.9. The molecule has 21 nitrogen and oxygen atoms in total. The second-order valence-electron chi connectivity index (χ2n) is 14.8. The zero-order chi connectivity index (χ0) is 44.8. The van der Waals surface area contributed by atoms with Gasteiger partial charge in [0.25, 0.3) is 15.0 Å². The maximum Gasteiger partial charge on any atom is 0.389 e. The molecule has 64 heavy (non-hydrogen) atoms. The van der Waals surface area contributed by atoms with E-state index >= 15 is 8.78 Å². The third kappa shape index (κ3) is 8.96. The molecule has 9 rings (SSSR count). The van der Waals surface area contributed by atoms with Gasteiger partial charge in [-0.05, 0) is 59.8 Å². The van der Waals surface area contributed by atoms with Crippen LogP contribution in [0.4, 0.5) is 20.4 Å². The molecule has 0 radical (unpaired) electrons. The van der Waals surface area contributed by atoms with Crippen LogP contribution in [0.1, 0.15) is 41.7 Å². The Morgan fingerprint density at radius 2 is 1.34 bits per heavy atom. The summed E-state index contributed by atoms with van der Waals surface area (Å²) in [4.78, 5) is 37.4. The van der Waals surface area contributed by atoms with Gasteiger partial charge >= 0.3 is 12.8 Å². The quantitative estimate of drug-likeness (QED) is 0.0800. The number of nitrogens with zero attached hydrogens (tertiary/aromatic N) is 8. The van der Waals surface area contributed by atoms with E-state index in [0.717, 1.165) is 14.0 Å². The molecule has 4 aromatic heterocycles. The van der Waals surface area contributed by atoms with Crippen LogP contribution in [-0.2, 0) is 42.5 Å². The van der Waals surface area contributed by atoms with Crippen LogP contribution in [0.2, 0.25) is 0 Å². The SMILES string of the molecule is B[P@@]1(=O)OC[C@H]2O[C@@H](n3cnc4c(N)ncnc43)[C@H](F)[C@@H]2O[P@](=O)(SCc2ccc(OC(=O)c3ccc(OCCC)cc3)cc2)OC[C@H]2O[C@@H](n3cnc4c(N)ncnc43)[C@H](F)[C@@H]2O1. The summed E-state index contributed by atoms with van der Waals surface area (Å²) < 4.78 is 112. The summed E-state index contributed by atoms with van der Waals surface area (Å²) in [7, 11) is -3.08. The number of nitrogen functional groups attached to an aromatic ring is 2. The molecule has 3 saturated heterocycles. The van der Waals surface area contributed by atoms with Gasteiger partial charge in [-0.3, -0.25) is 22.7 Å². The van der Waals surface area contributed by atoms with E-state index in [-0.39, 0.29) is 45.5 Å². The number of aromatic nitrogens is 8. The molecule has 3 fully saturated rings. The molecule has 2 aromatic carbocycles. The van der Waals surface area contributed by atoms with E-state index in [2.05, 4.69) is 29.9 Å². The van der Waals surface area contributed by atoms with E-state index in [0.29, 0.717) is 34.9 Å². The zero-order valence-corrected chi connectivity index (χ0v) is 36.5. The van der Waals surface area contributed by atoms with Crippen LogP contribution in [0.15, 0.2) is 73.8 Å². The number of fused-ring (bicyclic) bond motifs is 4. The molecule has 0 amide bonds. The summed E-state index contributed by atoms with van der Waals surface area (Å²) in [5, 5.41) is 0. The molecular formula is C37H39BF2N10O11P2S. The van der Waals surface area contributed by atoms with Crippen molar-refractivity contribution in [1.82, 2.24) is 39.0 Å². The van der Waals surface area contributed by atoms with Crippen molar-refractivity contribution in [3.8, 4) is 11.5 Å². The van der Waals surface area contributed by atoms with Crippen molar-refractivity contribution >= 4 is 73.2 Å². The summed E-state index contributed by atoms with van der Waals surface area (Å²) in [6.07, 6.45) is -7.44. The van der Waals surface area contributed by atoms with Crippen molar-refractivity contribution in [2.24, 2.45) is 0 Å². The fraction of sp³-hybridized carbons (Fsp3) is 0.378. The molecule has 6 aromatic rings. The highest BCUT2D eigenvalue weighted by Gasteiger charge is 2.54. The van der Waals surface area contributed by atoms with Crippen molar-refractivity contribution in [3.05, 3.63) is 85.0 Å². The first-order valence-corrected chi connectivity index (χ1v) is 24.9. The molecule has 4 N–H and O–H groups in total. The number of alkyl halides is 2. The summed E-state index contributed by atoms with van der Waals surface area (Å²) >= 11 is 0.699. The summed E-state index contributed by atoms with van der Waals surface area (Å²) in [6, 6.07) is 12.9. The molecule has 0 spiro atoms. The van der Waals surface area contributed by atoms with Gasteiger partial charge in [-0.1, -0.05) is 19.1 Å². The first-order valence-electron chi connectivity index (χ1n) is 19.8. The Bertz CT molecular complexity index is 2760. The number of esters is 1. The van der Waals surface area contributed by atoms with Crippen LogP contribution in [-0.4, -0.2) is 109 Å². The number of rotatable bonds is 10. The lowest BCUT2D eigenvalue weighted by Gasteiger charge is -2.30. The summed E-state index contributed by atoms with van der Waals surface area (Å²) in [6.45, 7) is -3.26. The maximum atomic E-state index is 16.8. The molecule has 7 heterocycles. The first kappa shape index (κ1) is 44.1. The lowest BCUT2D eigenvalue weighted by atomic mass is 10.1. The molecule has 0 aliphatic carbocycles. The van der Waals surface area contributed by atoms with Crippen LogP contribution < -0.4 is 20.9 Å². The zero-order valence-electron chi connectivity index (χ0n) is 33.9. The smallest absolute Gasteiger partial charge is 0.389 e. The van der Waals surface area contributed by atoms with Crippen molar-refractivity contribution in [1.29, 1.82) is 0 Å². The minimum atomic E-state index is -4.52. The van der Waals surface area contributed by atoms with Crippen LogP contribution in [0.5, 0.6) is 11.5 Å². The minimum Gasteiger partial charge on any atom is -0.494 e. The van der Waals surface area contributed by atoms with Crippen LogP contribution in [0, 0.1) is 0 Å². The van der Waals surface area contributed by atoms with Crippen molar-refractivity contribution < 1.29 is 59.7 Å². The monoisotopic (exact) mass is 942 g/mol. The second kappa shape index (κ2) is 18.1. The molecule has 336 valence electrons. The molecule has 0 saturated carbocycles. The van der Waals surface area contributed by atoms with Crippen molar-refractivity contribution in [3.63, 3.8) is 0 Å². The third-order valence-corrected chi connectivity index (χ3v) is 15.3. The van der Waals surface area contributed by atoms with Gasteiger partial charge in [-0.15, -0.1) is 0 Å². The van der Waals surface area contributed by atoms with Crippen molar-refractivity contribution in [2.45, 2.75) is 68.3 Å². The summed E-state index contributed by atoms with van der Waals surface area (Å²) in [5.74, 6) is 0.318. The van der Waals surface area contributed by atoms with Gasteiger partial charge in [0.1, 0.15) is 59.6 Å². The average Bonchev–Trinajstić information content (AvgIpc) is 4.06. The number of carbonyl (C=O) groups is 1. The molecule has 0 bridgehead atoms. The lowest BCUT2D eigenvalue weighted by Crippen LogP contribution is -2.37. The van der Waals surface area contributed by atoms with E-state index in [1.807, 2.05) is 6.92 Å². The maximum absolute atomic E-state index is 16.8. The minimum absolute atomic E-state index is 0.0334. The highest BCUT2D eigenvalue weighted by molar-refractivity contribution is 8.54. The van der Waals surface area contributed by atoms with Gasteiger partial charge in [0.2, 0.25) is 0 Å². The number of ether oxygens (including phenoxy) is 4. The molecule has 0 unspecified atom stereocenters.